The van der Waals surface area contributed by atoms with Crippen molar-refractivity contribution in [2.45, 2.75) is 71.1 Å². The van der Waals surface area contributed by atoms with Crippen molar-refractivity contribution in [2.75, 3.05) is 0 Å². The van der Waals surface area contributed by atoms with Crippen molar-refractivity contribution in [1.82, 2.24) is 10.2 Å². The fourth-order valence-electron chi connectivity index (χ4n) is 6.42. The molecule has 5 nitrogen and oxygen atoms in total. The van der Waals surface area contributed by atoms with Crippen molar-refractivity contribution in [1.29, 1.82) is 0 Å². The molecule has 1 saturated carbocycles. The van der Waals surface area contributed by atoms with Crippen molar-refractivity contribution >= 4 is 15.9 Å². The average molecular weight is 511 g/mol. The van der Waals surface area contributed by atoms with E-state index in [0.29, 0.717) is 11.8 Å². The van der Waals surface area contributed by atoms with E-state index in [1.807, 2.05) is 38.1 Å². The molecule has 0 aliphatic heterocycles. The Labute approximate surface area is 203 Å². The summed E-state index contributed by atoms with van der Waals surface area (Å²) in [4.78, 5) is 0. The topological polar surface area (TPSA) is 79.4 Å². The monoisotopic (exact) mass is 510 g/mol. The zero-order chi connectivity index (χ0) is 23.5. The summed E-state index contributed by atoms with van der Waals surface area (Å²) in [6, 6.07) is 9.90. The van der Waals surface area contributed by atoms with Gasteiger partial charge in [-0.3, -0.25) is 0 Å². The number of fused-ring (bicyclic) bond motifs is 3. The van der Waals surface area contributed by atoms with E-state index in [-0.39, 0.29) is 28.7 Å². The Balaban J connectivity index is 1.74. The number of phenols is 2. The first-order valence-corrected chi connectivity index (χ1v) is 12.6. The molecule has 174 valence electrons. The lowest BCUT2D eigenvalue weighted by atomic mass is 9.49. The van der Waals surface area contributed by atoms with Crippen LogP contribution in [0, 0.1) is 11.3 Å². The third kappa shape index (κ3) is 3.40. The maximum atomic E-state index is 11.4. The molecule has 2 aliphatic carbocycles. The van der Waals surface area contributed by atoms with Gasteiger partial charge < -0.3 is 14.6 Å². The summed E-state index contributed by atoms with van der Waals surface area (Å²) in [5.74, 6) is 1.33. The minimum Gasteiger partial charge on any atom is -0.504 e. The average Bonchev–Trinajstić information content (AvgIpc) is 3.26. The quantitative estimate of drug-likeness (QED) is 0.367. The molecule has 1 heterocycles. The standard InChI is InChI=1S/C27H31BrN2O3/c1-15(2)19-14-17-8-11-20-26(3,4)12-5-13-27(20,21(17)23(32)22(19)31)25-30-29-24(33-25)16-6-9-18(28)10-7-16/h6-7,9-10,14-15,20,31-32H,5,8,11-13H2,1-4H3/t20-,27+/m0/s1. The van der Waals surface area contributed by atoms with Crippen LogP contribution >= 0.6 is 15.9 Å². The molecule has 2 atom stereocenters. The lowest BCUT2D eigenvalue weighted by Crippen LogP contribution is -2.50. The molecular formula is C27H31BrN2O3. The van der Waals surface area contributed by atoms with Crippen LogP contribution < -0.4 is 0 Å². The molecule has 2 N–H and O–H groups in total. The second-order valence-electron chi connectivity index (χ2n) is 10.7. The smallest absolute Gasteiger partial charge is 0.247 e. The molecule has 3 aromatic rings. The number of halogens is 1. The van der Waals surface area contributed by atoms with Crippen LogP contribution in [0.5, 0.6) is 11.5 Å². The number of phenolic OH excluding ortho intramolecular Hbond substituents is 2. The molecular weight excluding hydrogens is 480 g/mol. The van der Waals surface area contributed by atoms with Crippen LogP contribution in [0.2, 0.25) is 0 Å². The predicted molar refractivity (Wildman–Crippen MR) is 132 cm³/mol. The van der Waals surface area contributed by atoms with Crippen molar-refractivity contribution in [2.24, 2.45) is 11.3 Å². The highest BCUT2D eigenvalue weighted by Gasteiger charge is 2.58. The number of hydrogen-bond acceptors (Lipinski definition) is 5. The lowest BCUT2D eigenvalue weighted by Gasteiger charge is -2.54. The molecule has 2 aliphatic rings. The maximum Gasteiger partial charge on any atom is 0.247 e. The van der Waals surface area contributed by atoms with Gasteiger partial charge in [0.05, 0.1) is 5.41 Å². The van der Waals surface area contributed by atoms with E-state index in [0.717, 1.165) is 58.8 Å². The van der Waals surface area contributed by atoms with Gasteiger partial charge in [-0.15, -0.1) is 10.2 Å². The van der Waals surface area contributed by atoms with Gasteiger partial charge >= 0.3 is 0 Å². The summed E-state index contributed by atoms with van der Waals surface area (Å²) >= 11 is 3.47. The minimum atomic E-state index is -0.618. The number of benzene rings is 2. The van der Waals surface area contributed by atoms with Gasteiger partial charge in [-0.1, -0.05) is 56.1 Å². The summed E-state index contributed by atoms with van der Waals surface area (Å²) in [5, 5.41) is 31.4. The number of aromatic hydroxyl groups is 2. The highest BCUT2D eigenvalue weighted by Crippen LogP contribution is 2.63. The van der Waals surface area contributed by atoms with Gasteiger partial charge in [0.1, 0.15) is 0 Å². The molecule has 0 bridgehead atoms. The van der Waals surface area contributed by atoms with E-state index in [1.54, 1.807) is 0 Å². The predicted octanol–water partition coefficient (Wildman–Crippen LogP) is 7.09. The first-order valence-electron chi connectivity index (χ1n) is 11.8. The number of nitrogens with zero attached hydrogens (tertiary/aromatic N) is 2. The Bertz CT molecular complexity index is 1200. The van der Waals surface area contributed by atoms with E-state index in [4.69, 9.17) is 4.42 Å². The number of rotatable bonds is 3. The molecule has 5 rings (SSSR count). The molecule has 0 spiro atoms. The Hall–Kier alpha value is -2.34. The second kappa shape index (κ2) is 7.86. The van der Waals surface area contributed by atoms with Crippen molar-refractivity contribution in [3.05, 3.63) is 57.4 Å². The molecule has 1 fully saturated rings. The van der Waals surface area contributed by atoms with Gasteiger partial charge in [0.15, 0.2) is 11.5 Å². The minimum absolute atomic E-state index is 0.0120. The van der Waals surface area contributed by atoms with Crippen molar-refractivity contribution in [3.63, 3.8) is 0 Å². The second-order valence-corrected chi connectivity index (χ2v) is 11.6. The van der Waals surface area contributed by atoms with Crippen LogP contribution in [0.3, 0.4) is 0 Å². The number of aromatic nitrogens is 2. The van der Waals surface area contributed by atoms with Crippen molar-refractivity contribution in [3.8, 4) is 23.0 Å². The van der Waals surface area contributed by atoms with E-state index in [2.05, 4.69) is 46.0 Å². The fraction of sp³-hybridized carbons (Fsp3) is 0.481. The molecule has 6 heteroatoms. The first kappa shape index (κ1) is 22.5. The molecule has 33 heavy (non-hydrogen) atoms. The highest BCUT2D eigenvalue weighted by atomic mass is 79.9. The van der Waals surface area contributed by atoms with Gasteiger partial charge in [-0.25, -0.2) is 0 Å². The van der Waals surface area contributed by atoms with E-state index in [1.165, 1.54) is 0 Å². The highest BCUT2D eigenvalue weighted by molar-refractivity contribution is 9.10. The summed E-state index contributed by atoms with van der Waals surface area (Å²) in [5.41, 5.74) is 2.95. The van der Waals surface area contributed by atoms with E-state index < -0.39 is 5.41 Å². The number of aryl methyl sites for hydroxylation is 1. The zero-order valence-electron chi connectivity index (χ0n) is 19.7. The summed E-state index contributed by atoms with van der Waals surface area (Å²) < 4.78 is 7.39. The Morgan fingerprint density at radius 1 is 1.06 bits per heavy atom. The van der Waals surface area contributed by atoms with E-state index >= 15 is 0 Å². The maximum absolute atomic E-state index is 11.4. The summed E-state index contributed by atoms with van der Waals surface area (Å²) in [6.07, 6.45) is 4.76. The summed E-state index contributed by atoms with van der Waals surface area (Å²) in [7, 11) is 0. The Morgan fingerprint density at radius 3 is 2.48 bits per heavy atom. The van der Waals surface area contributed by atoms with Gasteiger partial charge in [-0.05, 0) is 72.8 Å². The third-order valence-electron chi connectivity index (χ3n) is 7.98. The normalized spacial score (nSPS) is 23.9. The fourth-order valence-corrected chi connectivity index (χ4v) is 6.68. The van der Waals surface area contributed by atoms with Gasteiger partial charge in [0.2, 0.25) is 11.8 Å². The van der Waals surface area contributed by atoms with E-state index in [9.17, 15) is 10.2 Å². The largest absolute Gasteiger partial charge is 0.504 e. The van der Waals surface area contributed by atoms with Crippen LogP contribution in [-0.4, -0.2) is 20.4 Å². The zero-order valence-corrected chi connectivity index (χ0v) is 21.2. The SMILES string of the molecule is CC(C)c1cc2c(c(O)c1O)[C@@]1(c3nnc(-c4ccc(Br)cc4)o3)CCCC(C)(C)[C@@H]1CC2. The molecule has 0 unspecified atom stereocenters. The summed E-state index contributed by atoms with van der Waals surface area (Å²) in [6.45, 7) is 8.69. The van der Waals surface area contributed by atoms with Crippen LogP contribution in [0.4, 0.5) is 0 Å². The van der Waals surface area contributed by atoms with Crippen molar-refractivity contribution < 1.29 is 14.6 Å². The third-order valence-corrected chi connectivity index (χ3v) is 8.51. The first-order chi connectivity index (χ1) is 15.6. The Kier molecular flexibility index (Phi) is 5.35. The molecule has 0 radical (unpaired) electrons. The van der Waals surface area contributed by atoms with Crippen LogP contribution in [-0.2, 0) is 11.8 Å². The molecule has 2 aromatic carbocycles. The number of hydrogen-bond donors (Lipinski definition) is 2. The van der Waals surface area contributed by atoms with Crippen LogP contribution in [0.1, 0.15) is 81.9 Å². The van der Waals surface area contributed by atoms with Gasteiger partial charge in [-0.2, -0.15) is 0 Å². The van der Waals surface area contributed by atoms with Gasteiger partial charge in [0.25, 0.3) is 0 Å². The lowest BCUT2D eigenvalue weighted by molar-refractivity contribution is 0.0363. The molecule has 0 amide bonds. The van der Waals surface area contributed by atoms with Crippen LogP contribution in [0.25, 0.3) is 11.5 Å². The Morgan fingerprint density at radius 2 is 1.79 bits per heavy atom. The van der Waals surface area contributed by atoms with Gasteiger partial charge in [0, 0.05) is 21.2 Å². The molecule has 0 saturated heterocycles. The molecule has 1 aromatic heterocycles. The van der Waals surface area contributed by atoms with Crippen LogP contribution in [0.15, 0.2) is 39.2 Å².